The van der Waals surface area contributed by atoms with Crippen LogP contribution in [0.4, 0.5) is 0 Å². The number of hydrogen-bond donors (Lipinski definition) is 1. The van der Waals surface area contributed by atoms with Crippen LogP contribution in [0, 0.1) is 5.92 Å². The quantitative estimate of drug-likeness (QED) is 0.499. The number of halogens is 1. The molecule has 23 heavy (non-hydrogen) atoms. The van der Waals surface area contributed by atoms with Gasteiger partial charge in [-0.1, -0.05) is 0 Å². The van der Waals surface area contributed by atoms with E-state index in [0.717, 1.165) is 36.8 Å². The van der Waals surface area contributed by atoms with Gasteiger partial charge in [-0.05, 0) is 66.0 Å². The van der Waals surface area contributed by atoms with E-state index in [1.54, 1.807) is 0 Å². The Hall–Kier alpha value is -0.980. The zero-order valence-electron chi connectivity index (χ0n) is 12.7. The number of fused-ring (bicyclic) bond motifs is 1. The number of rotatable bonds is 4. The molecule has 0 amide bonds. The van der Waals surface area contributed by atoms with E-state index in [4.69, 9.17) is 0 Å². The molecule has 0 spiro atoms. The van der Waals surface area contributed by atoms with Gasteiger partial charge in [0, 0.05) is 29.9 Å². The standard InChI is InChI=1S/C16H19IN5P/c17-23-22-11-14(8-20-22)15-7-13-3-6-21(16(13)9-19-15)10-12-1-4-18-5-2-12/h3,6-9,11-12,18,23H,1-2,4-5,10H2. The molecule has 4 rings (SSSR count). The third-order valence-electron chi connectivity index (χ3n) is 4.54. The first-order valence-electron chi connectivity index (χ1n) is 7.91. The van der Waals surface area contributed by atoms with Crippen LogP contribution >= 0.6 is 28.4 Å². The van der Waals surface area contributed by atoms with Crippen LogP contribution in [-0.2, 0) is 6.54 Å². The van der Waals surface area contributed by atoms with Crippen molar-refractivity contribution in [2.45, 2.75) is 19.4 Å². The fraction of sp³-hybridized carbons (Fsp3) is 0.375. The molecule has 0 radical (unpaired) electrons. The van der Waals surface area contributed by atoms with Crippen LogP contribution in [-0.4, -0.2) is 32.2 Å². The van der Waals surface area contributed by atoms with Crippen LogP contribution in [0.1, 0.15) is 12.8 Å². The summed E-state index contributed by atoms with van der Waals surface area (Å²) in [6.45, 7) is 3.39. The topological polar surface area (TPSA) is 47.7 Å². The lowest BCUT2D eigenvalue weighted by Gasteiger charge is -2.23. The number of pyridine rings is 1. The molecule has 1 aliphatic rings. The summed E-state index contributed by atoms with van der Waals surface area (Å²) in [5, 5.41) is 9.04. The molecule has 3 aromatic rings. The summed E-state index contributed by atoms with van der Waals surface area (Å²) < 4.78 is 4.31. The minimum absolute atomic E-state index is 0.622. The molecular weight excluding hydrogens is 420 g/mol. The van der Waals surface area contributed by atoms with Crippen molar-refractivity contribution in [3.05, 3.63) is 36.9 Å². The molecule has 3 aromatic heterocycles. The van der Waals surface area contributed by atoms with Crippen LogP contribution in [0.2, 0.25) is 0 Å². The summed E-state index contributed by atoms with van der Waals surface area (Å²) in [7, 11) is 0. The molecule has 1 unspecified atom stereocenters. The first-order chi connectivity index (χ1) is 11.3. The van der Waals surface area contributed by atoms with Crippen molar-refractivity contribution >= 4 is 39.3 Å². The molecule has 0 aromatic carbocycles. The third kappa shape index (κ3) is 3.30. The molecular formula is C16H19IN5P. The van der Waals surface area contributed by atoms with Gasteiger partial charge >= 0.3 is 0 Å². The highest BCUT2D eigenvalue weighted by Crippen LogP contribution is 2.28. The Labute approximate surface area is 150 Å². The van der Waals surface area contributed by atoms with Gasteiger partial charge in [0.1, 0.15) is 0 Å². The van der Waals surface area contributed by atoms with Gasteiger partial charge < -0.3 is 9.88 Å². The molecule has 0 aliphatic carbocycles. The van der Waals surface area contributed by atoms with Gasteiger partial charge in [-0.2, -0.15) is 5.10 Å². The Bertz CT molecular complexity index is 806. The minimum Gasteiger partial charge on any atom is -0.346 e. The first-order valence-corrected chi connectivity index (χ1v) is 12.0. The van der Waals surface area contributed by atoms with E-state index in [0.29, 0.717) is 6.37 Å². The van der Waals surface area contributed by atoms with Crippen LogP contribution in [0.15, 0.2) is 36.9 Å². The fourth-order valence-electron chi connectivity index (χ4n) is 3.25. The van der Waals surface area contributed by atoms with Gasteiger partial charge in [0.25, 0.3) is 0 Å². The maximum atomic E-state index is 4.66. The first kappa shape index (κ1) is 15.5. The monoisotopic (exact) mass is 439 g/mol. The summed E-state index contributed by atoms with van der Waals surface area (Å²) in [6, 6.07) is 4.37. The van der Waals surface area contributed by atoms with Crippen LogP contribution in [0.25, 0.3) is 22.2 Å². The Kier molecular flexibility index (Phi) is 4.64. The van der Waals surface area contributed by atoms with Crippen LogP contribution in [0.3, 0.4) is 0 Å². The molecule has 1 N–H and O–H groups in total. The van der Waals surface area contributed by atoms with Gasteiger partial charge in [0.2, 0.25) is 0 Å². The lowest BCUT2D eigenvalue weighted by atomic mass is 9.98. The SMILES string of the molecule is IPn1cc(-c2cc3ccn(CC4CCNCC4)c3cn2)cn1. The lowest BCUT2D eigenvalue weighted by molar-refractivity contribution is 0.337. The van der Waals surface area contributed by atoms with Crippen molar-refractivity contribution < 1.29 is 0 Å². The smallest absolute Gasteiger partial charge is 0.0741 e. The van der Waals surface area contributed by atoms with E-state index in [2.05, 4.69) is 66.5 Å². The van der Waals surface area contributed by atoms with Gasteiger partial charge in [0.05, 0.1) is 30.0 Å². The summed E-state index contributed by atoms with van der Waals surface area (Å²) in [5.41, 5.74) is 3.32. The van der Waals surface area contributed by atoms with Crippen molar-refractivity contribution in [3.8, 4) is 11.3 Å². The van der Waals surface area contributed by atoms with Crippen LogP contribution in [0.5, 0.6) is 0 Å². The maximum absolute atomic E-state index is 4.66. The maximum Gasteiger partial charge on any atom is 0.0741 e. The van der Waals surface area contributed by atoms with Crippen molar-refractivity contribution in [2.24, 2.45) is 5.92 Å². The van der Waals surface area contributed by atoms with E-state index in [1.807, 2.05) is 16.8 Å². The average molecular weight is 439 g/mol. The Morgan fingerprint density at radius 3 is 2.96 bits per heavy atom. The molecule has 1 atom stereocenters. The zero-order chi connectivity index (χ0) is 15.6. The summed E-state index contributed by atoms with van der Waals surface area (Å²) >= 11 is 2.33. The predicted octanol–water partition coefficient (Wildman–Crippen LogP) is 3.69. The van der Waals surface area contributed by atoms with Crippen molar-refractivity contribution in [2.75, 3.05) is 13.1 Å². The molecule has 0 saturated carbocycles. The van der Waals surface area contributed by atoms with E-state index >= 15 is 0 Å². The minimum atomic E-state index is 0.622. The van der Waals surface area contributed by atoms with E-state index < -0.39 is 0 Å². The van der Waals surface area contributed by atoms with Gasteiger partial charge in [0.15, 0.2) is 0 Å². The highest BCUT2D eigenvalue weighted by molar-refractivity contribution is 14.2. The fourth-order valence-corrected chi connectivity index (χ4v) is 4.33. The largest absolute Gasteiger partial charge is 0.346 e. The lowest BCUT2D eigenvalue weighted by Crippen LogP contribution is -2.29. The second-order valence-electron chi connectivity index (χ2n) is 6.05. The number of piperidine rings is 1. The second kappa shape index (κ2) is 6.87. The number of nitrogens with zero attached hydrogens (tertiary/aromatic N) is 4. The summed E-state index contributed by atoms with van der Waals surface area (Å²) in [4.78, 5) is 4.66. The Morgan fingerprint density at radius 2 is 2.17 bits per heavy atom. The molecule has 1 fully saturated rings. The second-order valence-corrected chi connectivity index (χ2v) is 8.12. The van der Waals surface area contributed by atoms with E-state index in [9.17, 15) is 0 Å². The molecule has 1 saturated heterocycles. The zero-order valence-corrected chi connectivity index (χ0v) is 15.9. The normalized spacial score (nSPS) is 16.7. The average Bonchev–Trinajstić information content (AvgIpc) is 3.23. The molecule has 7 heteroatoms. The third-order valence-corrected chi connectivity index (χ3v) is 6.44. The summed E-state index contributed by atoms with van der Waals surface area (Å²) in [5.74, 6) is 0.773. The summed E-state index contributed by atoms with van der Waals surface area (Å²) in [6.07, 6.45) is 11.3. The molecule has 120 valence electrons. The number of nitrogens with one attached hydrogen (secondary N) is 1. The Morgan fingerprint density at radius 1 is 1.30 bits per heavy atom. The predicted molar refractivity (Wildman–Crippen MR) is 104 cm³/mol. The molecule has 5 nitrogen and oxygen atoms in total. The number of aromatic nitrogens is 4. The van der Waals surface area contributed by atoms with Crippen molar-refractivity contribution in [1.82, 2.24) is 24.4 Å². The molecule has 4 heterocycles. The van der Waals surface area contributed by atoms with Crippen molar-refractivity contribution in [1.29, 1.82) is 0 Å². The van der Waals surface area contributed by atoms with Crippen LogP contribution < -0.4 is 5.32 Å². The molecule has 0 bridgehead atoms. The van der Waals surface area contributed by atoms with E-state index in [-0.39, 0.29) is 0 Å². The van der Waals surface area contributed by atoms with Gasteiger partial charge in [-0.15, -0.1) is 0 Å². The highest BCUT2D eigenvalue weighted by Gasteiger charge is 2.15. The van der Waals surface area contributed by atoms with Gasteiger partial charge in [-0.25, -0.2) is 4.45 Å². The van der Waals surface area contributed by atoms with Gasteiger partial charge in [-0.3, -0.25) is 4.98 Å². The molecule has 1 aliphatic heterocycles. The Balaban J connectivity index is 1.60. The highest BCUT2D eigenvalue weighted by atomic mass is 127. The van der Waals surface area contributed by atoms with E-state index in [1.165, 1.54) is 23.7 Å². The number of hydrogen-bond acceptors (Lipinski definition) is 3. The van der Waals surface area contributed by atoms with Crippen molar-refractivity contribution in [3.63, 3.8) is 0 Å².